The Morgan fingerprint density at radius 3 is 2.65 bits per heavy atom. The van der Waals surface area contributed by atoms with Gasteiger partial charge in [-0.25, -0.2) is 0 Å². The second kappa shape index (κ2) is 8.70. The zero-order valence-corrected chi connectivity index (χ0v) is 14.9. The van der Waals surface area contributed by atoms with Gasteiger partial charge in [0.1, 0.15) is 0 Å². The summed E-state index contributed by atoms with van der Waals surface area (Å²) < 4.78 is 0. The van der Waals surface area contributed by atoms with Crippen molar-refractivity contribution in [1.29, 1.82) is 0 Å². The number of aryl methyl sites for hydroxylation is 2. The Morgan fingerprint density at radius 1 is 1.22 bits per heavy atom. The van der Waals surface area contributed by atoms with Crippen molar-refractivity contribution in [3.05, 3.63) is 34.9 Å². The van der Waals surface area contributed by atoms with Crippen LogP contribution in [0.2, 0.25) is 0 Å². The molecule has 1 saturated heterocycles. The normalized spacial score (nSPS) is 19.3. The van der Waals surface area contributed by atoms with Crippen molar-refractivity contribution >= 4 is 18.3 Å². The highest BCUT2D eigenvalue weighted by Gasteiger charge is 2.19. The Balaban J connectivity index is 0.00000192. The number of hydrogen-bond acceptors (Lipinski definition) is 2. The number of fused-ring (bicyclic) bond motifs is 1. The van der Waals surface area contributed by atoms with Gasteiger partial charge in [0.2, 0.25) is 5.91 Å². The Kier molecular flexibility index (Phi) is 6.91. The second-order valence-corrected chi connectivity index (χ2v) is 6.92. The molecule has 3 rings (SSSR count). The smallest absolute Gasteiger partial charge is 0.220 e. The number of benzene rings is 1. The van der Waals surface area contributed by atoms with E-state index in [1.807, 2.05) is 0 Å². The van der Waals surface area contributed by atoms with Gasteiger partial charge >= 0.3 is 0 Å². The molecule has 0 aromatic heterocycles. The molecule has 4 heteroatoms. The zero-order valence-electron chi connectivity index (χ0n) is 14.1. The summed E-state index contributed by atoms with van der Waals surface area (Å²) in [4.78, 5) is 12.3. The van der Waals surface area contributed by atoms with Gasteiger partial charge in [-0.3, -0.25) is 4.79 Å². The van der Waals surface area contributed by atoms with Gasteiger partial charge < -0.3 is 10.6 Å². The molecule has 2 aliphatic rings. The second-order valence-electron chi connectivity index (χ2n) is 6.92. The minimum atomic E-state index is 0. The van der Waals surface area contributed by atoms with E-state index in [9.17, 15) is 4.79 Å². The van der Waals surface area contributed by atoms with E-state index >= 15 is 0 Å². The third-order valence-electron chi connectivity index (χ3n) is 5.18. The average molecular weight is 337 g/mol. The number of hydrogen-bond donors (Lipinski definition) is 2. The molecule has 1 unspecified atom stereocenters. The van der Waals surface area contributed by atoms with Gasteiger partial charge in [-0.2, -0.15) is 0 Å². The van der Waals surface area contributed by atoms with Crippen LogP contribution < -0.4 is 10.6 Å². The molecule has 1 atom stereocenters. The maximum atomic E-state index is 12.3. The van der Waals surface area contributed by atoms with E-state index in [1.54, 1.807) is 0 Å². The van der Waals surface area contributed by atoms with E-state index in [1.165, 1.54) is 42.4 Å². The number of nitrogens with one attached hydrogen (secondary N) is 2. The molecular formula is C19H29ClN2O. The standard InChI is InChI=1S/C19H28N2O.ClH/c1-14(21-19(22)12-15-8-10-20-11-9-15)17-7-6-16-4-2-3-5-18(16)13-17;/h6-7,13-15,20H,2-5,8-12H2,1H3,(H,21,22);1H. The largest absolute Gasteiger partial charge is 0.350 e. The van der Waals surface area contributed by atoms with Crippen molar-refractivity contribution < 1.29 is 4.79 Å². The van der Waals surface area contributed by atoms with Crippen LogP contribution in [-0.4, -0.2) is 19.0 Å². The van der Waals surface area contributed by atoms with Crippen LogP contribution in [0.1, 0.15) is 61.8 Å². The molecule has 128 valence electrons. The SMILES string of the molecule is CC(NC(=O)CC1CCNCC1)c1ccc2c(c1)CCCC2.Cl. The first-order chi connectivity index (χ1) is 10.7. The Labute approximate surface area is 146 Å². The first-order valence-electron chi connectivity index (χ1n) is 8.84. The van der Waals surface area contributed by atoms with Crippen molar-refractivity contribution in [1.82, 2.24) is 10.6 Å². The van der Waals surface area contributed by atoms with Crippen molar-refractivity contribution in [2.45, 2.75) is 57.9 Å². The topological polar surface area (TPSA) is 41.1 Å². The van der Waals surface area contributed by atoms with Crippen molar-refractivity contribution in [3.8, 4) is 0 Å². The molecule has 23 heavy (non-hydrogen) atoms. The quantitative estimate of drug-likeness (QED) is 0.882. The minimum absolute atomic E-state index is 0. The molecule has 2 N–H and O–H groups in total. The molecule has 1 aliphatic heterocycles. The van der Waals surface area contributed by atoms with Crippen molar-refractivity contribution in [2.24, 2.45) is 5.92 Å². The Morgan fingerprint density at radius 2 is 1.91 bits per heavy atom. The fraction of sp³-hybridized carbons (Fsp3) is 0.632. The molecule has 3 nitrogen and oxygen atoms in total. The van der Waals surface area contributed by atoms with Crippen LogP contribution in [0.3, 0.4) is 0 Å². The molecule has 0 saturated carbocycles. The van der Waals surface area contributed by atoms with Gasteiger partial charge in [-0.1, -0.05) is 18.2 Å². The lowest BCUT2D eigenvalue weighted by molar-refractivity contribution is -0.122. The summed E-state index contributed by atoms with van der Waals surface area (Å²) in [5.41, 5.74) is 4.24. The Hall–Kier alpha value is -1.06. The van der Waals surface area contributed by atoms with Gasteiger partial charge in [0.05, 0.1) is 6.04 Å². The Bertz CT molecular complexity index is 526. The van der Waals surface area contributed by atoms with E-state index in [2.05, 4.69) is 35.8 Å². The average Bonchev–Trinajstić information content (AvgIpc) is 2.55. The van der Waals surface area contributed by atoms with Gasteiger partial charge in [0, 0.05) is 6.42 Å². The number of amides is 1. The maximum absolute atomic E-state index is 12.3. The first-order valence-corrected chi connectivity index (χ1v) is 8.84. The monoisotopic (exact) mass is 336 g/mol. The maximum Gasteiger partial charge on any atom is 0.220 e. The predicted molar refractivity (Wildman–Crippen MR) is 97.1 cm³/mol. The fourth-order valence-corrected chi connectivity index (χ4v) is 3.75. The van der Waals surface area contributed by atoms with E-state index < -0.39 is 0 Å². The van der Waals surface area contributed by atoms with Crippen LogP contribution in [0, 0.1) is 5.92 Å². The van der Waals surface area contributed by atoms with Gasteiger partial charge in [0.15, 0.2) is 0 Å². The highest BCUT2D eigenvalue weighted by Crippen LogP contribution is 2.25. The summed E-state index contributed by atoms with van der Waals surface area (Å²) in [6.07, 6.45) is 7.95. The molecule has 1 aliphatic carbocycles. The highest BCUT2D eigenvalue weighted by atomic mass is 35.5. The molecule has 1 amide bonds. The fourth-order valence-electron chi connectivity index (χ4n) is 3.75. The van der Waals surface area contributed by atoms with E-state index in [0.29, 0.717) is 12.3 Å². The molecule has 1 aromatic carbocycles. The number of carbonyl (C=O) groups excluding carboxylic acids is 1. The van der Waals surface area contributed by atoms with Crippen LogP contribution in [0.25, 0.3) is 0 Å². The summed E-state index contributed by atoms with van der Waals surface area (Å²) >= 11 is 0. The van der Waals surface area contributed by atoms with E-state index in [-0.39, 0.29) is 24.4 Å². The molecule has 0 bridgehead atoms. The van der Waals surface area contributed by atoms with Crippen LogP contribution in [0.15, 0.2) is 18.2 Å². The van der Waals surface area contributed by atoms with Gasteiger partial charge in [-0.05, 0) is 81.1 Å². The van der Waals surface area contributed by atoms with Crippen LogP contribution in [0.5, 0.6) is 0 Å². The van der Waals surface area contributed by atoms with Gasteiger partial charge in [-0.15, -0.1) is 12.4 Å². The first kappa shape index (κ1) is 18.3. The van der Waals surface area contributed by atoms with Crippen LogP contribution in [-0.2, 0) is 17.6 Å². The number of halogens is 1. The summed E-state index contributed by atoms with van der Waals surface area (Å²) in [7, 11) is 0. The van der Waals surface area contributed by atoms with Crippen molar-refractivity contribution in [3.63, 3.8) is 0 Å². The number of carbonyl (C=O) groups is 1. The summed E-state index contributed by atoms with van der Waals surface area (Å²) in [5, 5.41) is 6.54. The molecule has 1 aromatic rings. The summed E-state index contributed by atoms with van der Waals surface area (Å²) in [5.74, 6) is 0.758. The molecule has 0 spiro atoms. The van der Waals surface area contributed by atoms with Crippen LogP contribution in [0.4, 0.5) is 0 Å². The number of piperidine rings is 1. The summed E-state index contributed by atoms with van der Waals surface area (Å²) in [6.45, 7) is 4.21. The predicted octanol–water partition coefficient (Wildman–Crippen LogP) is 3.55. The lowest BCUT2D eigenvalue weighted by Gasteiger charge is -2.24. The minimum Gasteiger partial charge on any atom is -0.350 e. The number of rotatable bonds is 4. The lowest BCUT2D eigenvalue weighted by atomic mass is 9.89. The third-order valence-corrected chi connectivity index (χ3v) is 5.18. The zero-order chi connectivity index (χ0) is 15.4. The van der Waals surface area contributed by atoms with Crippen LogP contribution >= 0.6 is 12.4 Å². The van der Waals surface area contributed by atoms with Crippen molar-refractivity contribution in [2.75, 3.05) is 13.1 Å². The van der Waals surface area contributed by atoms with E-state index in [0.717, 1.165) is 25.9 Å². The lowest BCUT2D eigenvalue weighted by Crippen LogP contribution is -2.33. The molecular weight excluding hydrogens is 308 g/mol. The summed E-state index contributed by atoms with van der Waals surface area (Å²) in [6, 6.07) is 6.88. The third kappa shape index (κ3) is 4.95. The van der Waals surface area contributed by atoms with Gasteiger partial charge in [0.25, 0.3) is 0 Å². The molecule has 0 radical (unpaired) electrons. The van der Waals surface area contributed by atoms with E-state index in [4.69, 9.17) is 0 Å². The molecule has 1 fully saturated rings. The molecule has 1 heterocycles. The highest BCUT2D eigenvalue weighted by molar-refractivity contribution is 5.85.